The molecule has 0 nitrogen and oxygen atoms in total. The van der Waals surface area contributed by atoms with Gasteiger partial charge in [0.15, 0.2) is 0 Å². The van der Waals surface area contributed by atoms with E-state index in [0.29, 0.717) is 0 Å². The van der Waals surface area contributed by atoms with Gasteiger partial charge < -0.3 is 0 Å². The van der Waals surface area contributed by atoms with Gasteiger partial charge in [-0.25, -0.2) is 0 Å². The van der Waals surface area contributed by atoms with E-state index < -0.39 is 0 Å². The Bertz CT molecular complexity index is 43.3. The highest BCUT2D eigenvalue weighted by molar-refractivity contribution is 7.20. The van der Waals surface area contributed by atoms with Crippen molar-refractivity contribution in [3.05, 3.63) is 0 Å². The van der Waals surface area contributed by atoms with Crippen LogP contribution in [0, 0.1) is 0 Å². The zero-order valence-corrected chi connectivity index (χ0v) is 5.86. The van der Waals surface area contributed by atoms with Crippen molar-refractivity contribution in [2.24, 2.45) is 0 Å². The molecule has 40 valence electrons. The van der Waals surface area contributed by atoms with E-state index in [1.165, 1.54) is 6.32 Å². The quantitative estimate of drug-likeness (QED) is 0.460. The molecule has 0 aliphatic heterocycles. The van der Waals surface area contributed by atoms with Gasteiger partial charge in [-0.2, -0.15) is 0 Å². The highest BCUT2D eigenvalue weighted by Crippen LogP contribution is 1.94. The van der Waals surface area contributed by atoms with Crippen molar-refractivity contribution >= 4 is 13.2 Å². The lowest BCUT2D eigenvalue weighted by Gasteiger charge is -2.02. The highest BCUT2D eigenvalue weighted by atomic mass is 13.5. The molecular weight excluding hydrogens is 81.7 g/mol. The average Bonchev–Trinajstić information content (AvgIpc) is 1.65. The van der Waals surface area contributed by atoms with Crippen molar-refractivity contribution in [2.75, 3.05) is 0 Å². The molecule has 0 unspecified atom stereocenters. The summed E-state index contributed by atoms with van der Waals surface area (Å²) < 4.78 is 0. The molecule has 0 saturated carbocycles. The van der Waals surface area contributed by atoms with Crippen LogP contribution in [0.15, 0.2) is 0 Å². The Kier molecular flexibility index (Phi) is 3.23. The largest absolute Gasteiger partial charge is 0.105 e. The van der Waals surface area contributed by atoms with Crippen LogP contribution in [0.1, 0.15) is 6.92 Å². The standard InChI is InChI=1S/C5H14B2/c1-5-7(4)6(2)3/h5H2,1-4H3. The second-order valence-electron chi connectivity index (χ2n) is 2.63. The monoisotopic (exact) mass is 96.1 g/mol. The molecule has 0 amide bonds. The van der Waals surface area contributed by atoms with Gasteiger partial charge in [-0.05, 0) is 0 Å². The van der Waals surface area contributed by atoms with Gasteiger partial charge in [0, 0.05) is 0 Å². The fourth-order valence-corrected chi connectivity index (χ4v) is 0.471. The van der Waals surface area contributed by atoms with Gasteiger partial charge in [0.1, 0.15) is 13.2 Å². The summed E-state index contributed by atoms with van der Waals surface area (Å²) >= 11 is 0. The van der Waals surface area contributed by atoms with Crippen molar-refractivity contribution in [1.82, 2.24) is 0 Å². The highest BCUT2D eigenvalue weighted by Gasteiger charge is 2.09. The third kappa shape index (κ3) is 2.78. The van der Waals surface area contributed by atoms with Crippen molar-refractivity contribution in [1.29, 1.82) is 0 Å². The minimum absolute atomic E-state index is 0.866. The number of hydrogen-bond acceptors (Lipinski definition) is 0. The minimum atomic E-state index is 0.866. The SMILES string of the molecule is CCB(C)B(C)C. The molecule has 0 bridgehead atoms. The summed E-state index contributed by atoms with van der Waals surface area (Å²) in [5.74, 6) is 0. The summed E-state index contributed by atoms with van der Waals surface area (Å²) in [5, 5.41) is 0. The summed E-state index contributed by atoms with van der Waals surface area (Å²) in [6.45, 7) is 10.8. The van der Waals surface area contributed by atoms with E-state index in [9.17, 15) is 0 Å². The molecular formula is C5H14B2. The average molecular weight is 95.8 g/mol. The molecule has 0 N–H and O–H groups in total. The van der Waals surface area contributed by atoms with E-state index in [1.54, 1.807) is 0 Å². The summed E-state index contributed by atoms with van der Waals surface area (Å²) in [6.07, 6.45) is 1.32. The van der Waals surface area contributed by atoms with Gasteiger partial charge >= 0.3 is 0 Å². The van der Waals surface area contributed by atoms with Crippen LogP contribution in [-0.4, -0.2) is 13.2 Å². The van der Waals surface area contributed by atoms with Gasteiger partial charge in [0.05, 0.1) is 0 Å². The number of hydrogen-bond donors (Lipinski definition) is 0. The maximum absolute atomic E-state index is 2.30. The molecule has 0 radical (unpaired) electrons. The van der Waals surface area contributed by atoms with Crippen LogP contribution in [0.5, 0.6) is 0 Å². The fraction of sp³-hybridized carbons (Fsp3) is 1.00. The van der Waals surface area contributed by atoms with Crippen molar-refractivity contribution in [3.63, 3.8) is 0 Å². The van der Waals surface area contributed by atoms with E-state index in [-0.39, 0.29) is 0 Å². The Balaban J connectivity index is 3.14. The molecule has 0 atom stereocenters. The van der Waals surface area contributed by atoms with Gasteiger partial charge in [-0.3, -0.25) is 0 Å². The first-order valence-corrected chi connectivity index (χ1v) is 3.18. The maximum Gasteiger partial charge on any atom is 0.105 e. The molecule has 0 rings (SSSR count). The van der Waals surface area contributed by atoms with Crippen LogP contribution in [0.3, 0.4) is 0 Å². The number of rotatable bonds is 2. The van der Waals surface area contributed by atoms with E-state index in [2.05, 4.69) is 27.4 Å². The molecule has 0 spiro atoms. The van der Waals surface area contributed by atoms with Crippen molar-refractivity contribution in [2.45, 2.75) is 33.7 Å². The Morgan fingerprint density at radius 1 is 1.14 bits per heavy atom. The molecule has 0 aromatic rings. The zero-order valence-electron chi connectivity index (χ0n) is 5.86. The van der Waals surface area contributed by atoms with Crippen LogP contribution in [-0.2, 0) is 0 Å². The summed E-state index contributed by atoms with van der Waals surface area (Å²) in [6, 6.07) is 0. The molecule has 0 aromatic carbocycles. The van der Waals surface area contributed by atoms with E-state index in [0.717, 1.165) is 13.2 Å². The third-order valence-electron chi connectivity index (χ3n) is 1.78. The second-order valence-corrected chi connectivity index (χ2v) is 2.63. The van der Waals surface area contributed by atoms with Gasteiger partial charge in [-0.15, -0.1) is 0 Å². The first-order chi connectivity index (χ1) is 3.18. The lowest BCUT2D eigenvalue weighted by Crippen LogP contribution is -2.24. The third-order valence-corrected chi connectivity index (χ3v) is 1.78. The van der Waals surface area contributed by atoms with Crippen LogP contribution < -0.4 is 0 Å². The summed E-state index contributed by atoms with van der Waals surface area (Å²) in [7, 11) is 0. The predicted molar refractivity (Wildman–Crippen MR) is 39.6 cm³/mol. The minimum Gasteiger partial charge on any atom is -0.0922 e. The van der Waals surface area contributed by atoms with Crippen molar-refractivity contribution < 1.29 is 0 Å². The molecule has 0 saturated heterocycles. The van der Waals surface area contributed by atoms with E-state index in [1.807, 2.05) is 0 Å². The predicted octanol–water partition coefficient (Wildman–Crippen LogP) is 1.96. The van der Waals surface area contributed by atoms with Crippen LogP contribution >= 0.6 is 0 Å². The molecule has 0 heterocycles. The first kappa shape index (κ1) is 7.13. The summed E-state index contributed by atoms with van der Waals surface area (Å²) in [4.78, 5) is 0. The van der Waals surface area contributed by atoms with E-state index in [4.69, 9.17) is 0 Å². The molecule has 0 aliphatic carbocycles. The lowest BCUT2D eigenvalue weighted by molar-refractivity contribution is 1.44. The Labute approximate surface area is 47.8 Å². The second kappa shape index (κ2) is 3.17. The Hall–Kier alpha value is 0.130. The maximum atomic E-state index is 2.30. The smallest absolute Gasteiger partial charge is 0.0922 e. The van der Waals surface area contributed by atoms with Gasteiger partial charge in [0.2, 0.25) is 0 Å². The Morgan fingerprint density at radius 2 is 1.57 bits per heavy atom. The molecule has 7 heavy (non-hydrogen) atoms. The molecule has 0 aromatic heterocycles. The molecule has 2 heteroatoms. The summed E-state index contributed by atoms with van der Waals surface area (Å²) in [5.41, 5.74) is 0. The topological polar surface area (TPSA) is 0 Å². The van der Waals surface area contributed by atoms with Crippen LogP contribution in [0.2, 0.25) is 26.8 Å². The van der Waals surface area contributed by atoms with Crippen LogP contribution in [0.25, 0.3) is 0 Å². The van der Waals surface area contributed by atoms with Crippen molar-refractivity contribution in [3.8, 4) is 0 Å². The van der Waals surface area contributed by atoms with E-state index >= 15 is 0 Å². The molecule has 0 aliphatic rings. The zero-order chi connectivity index (χ0) is 5.86. The van der Waals surface area contributed by atoms with Crippen LogP contribution in [0.4, 0.5) is 0 Å². The fourth-order valence-electron chi connectivity index (χ4n) is 0.471. The molecule has 0 fully saturated rings. The van der Waals surface area contributed by atoms with Gasteiger partial charge in [0.25, 0.3) is 0 Å². The normalized spacial score (nSPS) is 8.57. The van der Waals surface area contributed by atoms with Gasteiger partial charge in [-0.1, -0.05) is 33.7 Å². The Morgan fingerprint density at radius 3 is 1.57 bits per heavy atom. The first-order valence-electron chi connectivity index (χ1n) is 3.18. The lowest BCUT2D eigenvalue weighted by atomic mass is 9.10.